The lowest BCUT2D eigenvalue weighted by Gasteiger charge is -2.18. The fourth-order valence-corrected chi connectivity index (χ4v) is 1.78. The number of hydrogen-bond donors (Lipinski definition) is 2. The van der Waals surface area contributed by atoms with Gasteiger partial charge in [-0.3, -0.25) is 4.79 Å². The molecule has 0 aliphatic heterocycles. The second-order valence-electron chi connectivity index (χ2n) is 4.92. The van der Waals surface area contributed by atoms with Crippen LogP contribution in [-0.2, 0) is 9.53 Å². The van der Waals surface area contributed by atoms with Crippen molar-refractivity contribution < 1.29 is 14.3 Å². The summed E-state index contributed by atoms with van der Waals surface area (Å²) in [5.74, 6) is -0.500. The lowest BCUT2D eigenvalue weighted by Crippen LogP contribution is -2.40. The average Bonchev–Trinajstić information content (AvgIpc) is 2.46. The normalized spacial score (nSPS) is 13.4. The minimum atomic E-state index is -0.542. The lowest BCUT2D eigenvalue weighted by molar-refractivity contribution is -0.118. The number of esters is 1. The standard InChI is InChI=1S/C15H22N2O3/c1-5-9(2)13(16)14(18)17-12-7-6-11(8-10(12)3)15(19)20-4/h6-9,13H,5,16H2,1-4H3,(H,17,18). The molecular weight excluding hydrogens is 256 g/mol. The zero-order valence-corrected chi connectivity index (χ0v) is 12.4. The SMILES string of the molecule is CCC(C)C(N)C(=O)Nc1ccc(C(=O)OC)cc1C. The molecule has 0 spiro atoms. The molecule has 5 heteroatoms. The van der Waals surface area contributed by atoms with Crippen molar-refractivity contribution in [2.45, 2.75) is 33.2 Å². The summed E-state index contributed by atoms with van der Waals surface area (Å²) in [4.78, 5) is 23.4. The van der Waals surface area contributed by atoms with Crippen LogP contribution in [0.25, 0.3) is 0 Å². The highest BCUT2D eigenvalue weighted by molar-refractivity contribution is 5.96. The summed E-state index contributed by atoms with van der Waals surface area (Å²) >= 11 is 0. The number of benzene rings is 1. The van der Waals surface area contributed by atoms with E-state index in [-0.39, 0.29) is 11.8 Å². The number of carbonyl (C=O) groups excluding carboxylic acids is 2. The largest absolute Gasteiger partial charge is 0.465 e. The van der Waals surface area contributed by atoms with Crippen molar-refractivity contribution in [2.75, 3.05) is 12.4 Å². The van der Waals surface area contributed by atoms with E-state index in [1.54, 1.807) is 18.2 Å². The van der Waals surface area contributed by atoms with Crippen LogP contribution in [0, 0.1) is 12.8 Å². The fourth-order valence-electron chi connectivity index (χ4n) is 1.78. The van der Waals surface area contributed by atoms with E-state index in [9.17, 15) is 9.59 Å². The number of nitrogens with one attached hydrogen (secondary N) is 1. The molecule has 0 saturated heterocycles. The molecular formula is C15H22N2O3. The molecule has 0 heterocycles. The van der Waals surface area contributed by atoms with E-state index in [1.807, 2.05) is 20.8 Å². The van der Waals surface area contributed by atoms with Gasteiger partial charge < -0.3 is 15.8 Å². The number of anilines is 1. The number of methoxy groups -OCH3 is 1. The van der Waals surface area contributed by atoms with Gasteiger partial charge in [0.1, 0.15) is 0 Å². The number of hydrogen-bond acceptors (Lipinski definition) is 4. The molecule has 0 fully saturated rings. The van der Waals surface area contributed by atoms with E-state index in [0.717, 1.165) is 12.0 Å². The number of rotatable bonds is 5. The Bertz CT molecular complexity index is 500. The van der Waals surface area contributed by atoms with Gasteiger partial charge >= 0.3 is 5.97 Å². The lowest BCUT2D eigenvalue weighted by atomic mass is 9.99. The summed E-state index contributed by atoms with van der Waals surface area (Å²) in [6.07, 6.45) is 0.842. The van der Waals surface area contributed by atoms with Gasteiger partial charge in [-0.2, -0.15) is 0 Å². The molecule has 1 rings (SSSR count). The maximum absolute atomic E-state index is 12.0. The Balaban J connectivity index is 2.84. The number of ether oxygens (including phenoxy) is 1. The number of aryl methyl sites for hydroxylation is 1. The first kappa shape index (κ1) is 16.2. The second kappa shape index (κ2) is 7.05. The first-order chi connectivity index (χ1) is 9.40. The molecule has 0 aliphatic rings. The quantitative estimate of drug-likeness (QED) is 0.808. The van der Waals surface area contributed by atoms with Crippen molar-refractivity contribution in [1.82, 2.24) is 0 Å². The molecule has 0 bridgehead atoms. The van der Waals surface area contributed by atoms with Crippen molar-refractivity contribution in [1.29, 1.82) is 0 Å². The highest BCUT2D eigenvalue weighted by Gasteiger charge is 2.20. The molecule has 0 saturated carbocycles. The summed E-state index contributed by atoms with van der Waals surface area (Å²) < 4.78 is 4.65. The van der Waals surface area contributed by atoms with Gasteiger partial charge in [-0.05, 0) is 36.6 Å². The van der Waals surface area contributed by atoms with Gasteiger partial charge in [0.25, 0.3) is 0 Å². The van der Waals surface area contributed by atoms with Crippen LogP contribution in [0.5, 0.6) is 0 Å². The number of nitrogens with two attached hydrogens (primary N) is 1. The third-order valence-corrected chi connectivity index (χ3v) is 3.47. The summed E-state index contributed by atoms with van der Waals surface area (Å²) in [5, 5.41) is 2.79. The van der Waals surface area contributed by atoms with E-state index >= 15 is 0 Å². The summed E-state index contributed by atoms with van der Waals surface area (Å²) in [6.45, 7) is 5.75. The van der Waals surface area contributed by atoms with Crippen LogP contribution >= 0.6 is 0 Å². The fraction of sp³-hybridized carbons (Fsp3) is 0.467. The molecule has 2 unspecified atom stereocenters. The minimum absolute atomic E-state index is 0.115. The molecule has 3 N–H and O–H groups in total. The Morgan fingerprint density at radius 2 is 2.05 bits per heavy atom. The van der Waals surface area contributed by atoms with Crippen LogP contribution in [0.4, 0.5) is 5.69 Å². The zero-order valence-electron chi connectivity index (χ0n) is 12.4. The van der Waals surface area contributed by atoms with E-state index < -0.39 is 12.0 Å². The third-order valence-electron chi connectivity index (χ3n) is 3.47. The molecule has 0 radical (unpaired) electrons. The molecule has 2 atom stereocenters. The first-order valence-corrected chi connectivity index (χ1v) is 6.66. The smallest absolute Gasteiger partial charge is 0.337 e. The molecule has 110 valence electrons. The predicted octanol–water partition coefficient (Wildman–Crippen LogP) is 2.09. The maximum Gasteiger partial charge on any atom is 0.337 e. The summed E-state index contributed by atoms with van der Waals surface area (Å²) in [7, 11) is 1.33. The van der Waals surface area contributed by atoms with Gasteiger partial charge in [-0.1, -0.05) is 20.3 Å². The Kier molecular flexibility index (Phi) is 5.70. The van der Waals surface area contributed by atoms with Crippen molar-refractivity contribution in [3.63, 3.8) is 0 Å². The molecule has 20 heavy (non-hydrogen) atoms. The molecule has 0 aliphatic carbocycles. The van der Waals surface area contributed by atoms with Gasteiger partial charge in [0.2, 0.25) is 5.91 Å². The van der Waals surface area contributed by atoms with Crippen LogP contribution in [0.2, 0.25) is 0 Å². The zero-order chi connectivity index (χ0) is 15.3. The molecule has 1 aromatic carbocycles. The van der Waals surface area contributed by atoms with Crippen molar-refractivity contribution in [2.24, 2.45) is 11.7 Å². The summed E-state index contributed by atoms with van der Waals surface area (Å²) in [6, 6.07) is 4.43. The first-order valence-electron chi connectivity index (χ1n) is 6.66. The van der Waals surface area contributed by atoms with Crippen LogP contribution in [0.1, 0.15) is 36.2 Å². The highest BCUT2D eigenvalue weighted by atomic mass is 16.5. The van der Waals surface area contributed by atoms with E-state index in [0.29, 0.717) is 11.3 Å². The Labute approximate surface area is 119 Å². The van der Waals surface area contributed by atoms with Crippen molar-refractivity contribution in [3.8, 4) is 0 Å². The van der Waals surface area contributed by atoms with Gasteiger partial charge in [0, 0.05) is 5.69 Å². The Morgan fingerprint density at radius 1 is 1.40 bits per heavy atom. The molecule has 1 amide bonds. The van der Waals surface area contributed by atoms with E-state index in [4.69, 9.17) is 5.73 Å². The summed E-state index contributed by atoms with van der Waals surface area (Å²) in [5.41, 5.74) is 7.78. The van der Waals surface area contributed by atoms with Crippen molar-refractivity contribution >= 4 is 17.6 Å². The van der Waals surface area contributed by atoms with Gasteiger partial charge in [-0.15, -0.1) is 0 Å². The molecule has 5 nitrogen and oxygen atoms in total. The highest BCUT2D eigenvalue weighted by Crippen LogP contribution is 2.18. The Hall–Kier alpha value is -1.88. The second-order valence-corrected chi connectivity index (χ2v) is 4.92. The molecule has 0 aromatic heterocycles. The Morgan fingerprint density at radius 3 is 2.55 bits per heavy atom. The molecule has 1 aromatic rings. The predicted molar refractivity (Wildman–Crippen MR) is 78.6 cm³/mol. The minimum Gasteiger partial charge on any atom is -0.465 e. The topological polar surface area (TPSA) is 81.4 Å². The number of carbonyl (C=O) groups is 2. The van der Waals surface area contributed by atoms with Gasteiger partial charge in [0.15, 0.2) is 0 Å². The van der Waals surface area contributed by atoms with Crippen molar-refractivity contribution in [3.05, 3.63) is 29.3 Å². The van der Waals surface area contributed by atoms with Gasteiger partial charge in [0.05, 0.1) is 18.7 Å². The van der Waals surface area contributed by atoms with Crippen LogP contribution in [0.15, 0.2) is 18.2 Å². The van der Waals surface area contributed by atoms with Crippen LogP contribution in [0.3, 0.4) is 0 Å². The van der Waals surface area contributed by atoms with Crippen LogP contribution in [-0.4, -0.2) is 25.0 Å². The van der Waals surface area contributed by atoms with Crippen LogP contribution < -0.4 is 11.1 Å². The van der Waals surface area contributed by atoms with E-state index in [1.165, 1.54) is 7.11 Å². The van der Waals surface area contributed by atoms with E-state index in [2.05, 4.69) is 10.1 Å². The maximum atomic E-state index is 12.0. The van der Waals surface area contributed by atoms with Gasteiger partial charge in [-0.25, -0.2) is 4.79 Å². The monoisotopic (exact) mass is 278 g/mol. The average molecular weight is 278 g/mol. The number of amides is 1. The third kappa shape index (κ3) is 3.81.